The molecule has 14 heavy (non-hydrogen) atoms. The van der Waals surface area contributed by atoms with Crippen LogP contribution < -0.4 is 0 Å². The fourth-order valence-corrected chi connectivity index (χ4v) is 2.39. The fraction of sp³-hybridized carbons (Fsp3) is 0. The van der Waals surface area contributed by atoms with Crippen molar-refractivity contribution >= 4 is 34.5 Å². The van der Waals surface area contributed by atoms with Gasteiger partial charge in [0.15, 0.2) is 0 Å². The summed E-state index contributed by atoms with van der Waals surface area (Å²) in [7, 11) is 0. The van der Waals surface area contributed by atoms with Gasteiger partial charge in [0, 0.05) is 10.4 Å². The van der Waals surface area contributed by atoms with Gasteiger partial charge in [-0.15, -0.1) is 11.3 Å². The lowest BCUT2D eigenvalue weighted by Gasteiger charge is -2.00. The van der Waals surface area contributed by atoms with Gasteiger partial charge >= 0.3 is 0 Å². The van der Waals surface area contributed by atoms with E-state index >= 15 is 0 Å². The minimum atomic E-state index is 0.0916. The molecule has 0 aromatic carbocycles. The number of pyridine rings is 1. The van der Waals surface area contributed by atoms with Crippen LogP contribution in [0.3, 0.4) is 0 Å². The van der Waals surface area contributed by atoms with Crippen molar-refractivity contribution < 1.29 is 5.11 Å². The highest BCUT2D eigenvalue weighted by Gasteiger charge is 2.08. The average molecular weight is 246 g/mol. The van der Waals surface area contributed by atoms with Crippen molar-refractivity contribution in [1.82, 2.24) is 4.98 Å². The molecule has 2 aromatic heterocycles. The van der Waals surface area contributed by atoms with Crippen LogP contribution in [0.2, 0.25) is 9.49 Å². The molecule has 0 unspecified atom stereocenters. The van der Waals surface area contributed by atoms with Crippen LogP contribution in [0.15, 0.2) is 24.4 Å². The third-order valence-electron chi connectivity index (χ3n) is 1.66. The van der Waals surface area contributed by atoms with Crippen LogP contribution in [0.1, 0.15) is 0 Å². The van der Waals surface area contributed by atoms with Crippen molar-refractivity contribution in [3.05, 3.63) is 33.9 Å². The summed E-state index contributed by atoms with van der Waals surface area (Å²) >= 11 is 13.1. The van der Waals surface area contributed by atoms with Gasteiger partial charge in [0.05, 0.1) is 10.5 Å². The Balaban J connectivity index is 2.55. The maximum atomic E-state index is 9.26. The lowest BCUT2D eigenvalue weighted by molar-refractivity contribution is 0.473. The zero-order chi connectivity index (χ0) is 10.1. The highest BCUT2D eigenvalue weighted by atomic mass is 35.5. The van der Waals surface area contributed by atoms with Crippen LogP contribution in [0.5, 0.6) is 5.75 Å². The number of aromatic nitrogens is 1. The van der Waals surface area contributed by atoms with Crippen LogP contribution in [0, 0.1) is 0 Å². The second kappa shape index (κ2) is 3.77. The predicted molar refractivity (Wildman–Crippen MR) is 59.2 cm³/mol. The molecule has 0 aliphatic carbocycles. The molecule has 1 N–H and O–H groups in total. The Morgan fingerprint density at radius 1 is 1.29 bits per heavy atom. The van der Waals surface area contributed by atoms with Crippen LogP contribution in [0.25, 0.3) is 10.4 Å². The van der Waals surface area contributed by atoms with E-state index in [-0.39, 0.29) is 5.75 Å². The minimum Gasteiger partial charge on any atom is -0.506 e. The summed E-state index contributed by atoms with van der Waals surface area (Å²) in [6.45, 7) is 0. The third-order valence-corrected chi connectivity index (χ3v) is 3.23. The second-order valence-electron chi connectivity index (χ2n) is 2.64. The molecule has 2 aromatic rings. The molecular formula is C9H5Cl2NOS. The van der Waals surface area contributed by atoms with E-state index in [0.29, 0.717) is 15.1 Å². The van der Waals surface area contributed by atoms with Crippen LogP contribution >= 0.6 is 34.5 Å². The number of hydrogen-bond donors (Lipinski definition) is 1. The van der Waals surface area contributed by atoms with E-state index in [9.17, 15) is 5.11 Å². The van der Waals surface area contributed by atoms with Gasteiger partial charge in [-0.25, -0.2) is 4.98 Å². The molecule has 0 bridgehead atoms. The Hall–Kier alpha value is -0.770. The smallest absolute Gasteiger partial charge is 0.137 e. The van der Waals surface area contributed by atoms with Gasteiger partial charge in [0.2, 0.25) is 0 Å². The topological polar surface area (TPSA) is 33.1 Å². The Morgan fingerprint density at radius 2 is 2.07 bits per heavy atom. The Labute approximate surface area is 94.7 Å². The molecule has 0 atom stereocenters. The third kappa shape index (κ3) is 1.85. The van der Waals surface area contributed by atoms with Crippen molar-refractivity contribution in [2.75, 3.05) is 0 Å². The zero-order valence-electron chi connectivity index (χ0n) is 6.87. The van der Waals surface area contributed by atoms with Crippen molar-refractivity contribution in [2.24, 2.45) is 0 Å². The monoisotopic (exact) mass is 245 g/mol. The van der Waals surface area contributed by atoms with Gasteiger partial charge in [-0.05, 0) is 18.2 Å². The number of halogens is 2. The molecule has 0 fully saturated rings. The Morgan fingerprint density at radius 3 is 2.71 bits per heavy atom. The van der Waals surface area contributed by atoms with Crippen LogP contribution in [-0.4, -0.2) is 10.1 Å². The molecular weight excluding hydrogens is 241 g/mol. The summed E-state index contributed by atoms with van der Waals surface area (Å²) in [5.41, 5.74) is 0.698. The van der Waals surface area contributed by atoms with E-state index in [0.717, 1.165) is 4.88 Å². The number of hydrogen-bond acceptors (Lipinski definition) is 3. The molecule has 5 heteroatoms. The molecule has 0 aliphatic heterocycles. The maximum absolute atomic E-state index is 9.26. The molecule has 72 valence electrons. The first-order valence-corrected chi connectivity index (χ1v) is 5.34. The van der Waals surface area contributed by atoms with E-state index in [1.165, 1.54) is 17.5 Å². The Kier molecular flexibility index (Phi) is 2.63. The van der Waals surface area contributed by atoms with Gasteiger partial charge in [-0.3, -0.25) is 0 Å². The summed E-state index contributed by atoms with van der Waals surface area (Å²) in [6.07, 6.45) is 1.31. The molecule has 0 saturated carbocycles. The quantitative estimate of drug-likeness (QED) is 0.776. The lowest BCUT2D eigenvalue weighted by atomic mass is 10.2. The standard InChI is InChI=1S/C9H5Cl2NOS/c10-8-2-1-7(14-8)6-3-5(13)4-12-9(6)11/h1-4,13H. The zero-order valence-corrected chi connectivity index (χ0v) is 9.20. The second-order valence-corrected chi connectivity index (χ2v) is 4.71. The number of thiophene rings is 1. The SMILES string of the molecule is Oc1cnc(Cl)c(-c2ccc(Cl)s2)c1. The maximum Gasteiger partial charge on any atom is 0.137 e. The molecule has 0 saturated heterocycles. The van der Waals surface area contributed by atoms with E-state index in [2.05, 4.69) is 4.98 Å². The lowest BCUT2D eigenvalue weighted by Crippen LogP contribution is -1.79. The van der Waals surface area contributed by atoms with E-state index in [4.69, 9.17) is 23.2 Å². The van der Waals surface area contributed by atoms with Crippen molar-refractivity contribution in [3.63, 3.8) is 0 Å². The van der Waals surface area contributed by atoms with E-state index < -0.39 is 0 Å². The number of aromatic hydroxyl groups is 1. The number of rotatable bonds is 1. The van der Waals surface area contributed by atoms with E-state index in [1.54, 1.807) is 12.1 Å². The molecule has 0 radical (unpaired) electrons. The largest absolute Gasteiger partial charge is 0.506 e. The first-order chi connectivity index (χ1) is 6.66. The Bertz CT molecular complexity index is 470. The molecule has 0 aliphatic rings. The van der Waals surface area contributed by atoms with Gasteiger partial charge in [0.1, 0.15) is 10.9 Å². The summed E-state index contributed by atoms with van der Waals surface area (Å²) in [5.74, 6) is 0.0916. The summed E-state index contributed by atoms with van der Waals surface area (Å²) < 4.78 is 0.680. The van der Waals surface area contributed by atoms with Gasteiger partial charge < -0.3 is 5.11 Å². The molecule has 2 rings (SSSR count). The van der Waals surface area contributed by atoms with Gasteiger partial charge in [-0.2, -0.15) is 0 Å². The van der Waals surface area contributed by atoms with Gasteiger partial charge in [-0.1, -0.05) is 23.2 Å². The minimum absolute atomic E-state index is 0.0916. The van der Waals surface area contributed by atoms with Crippen LogP contribution in [0.4, 0.5) is 0 Å². The summed E-state index contributed by atoms with van der Waals surface area (Å²) in [6, 6.07) is 5.19. The van der Waals surface area contributed by atoms with Crippen LogP contribution in [-0.2, 0) is 0 Å². The fourth-order valence-electron chi connectivity index (χ4n) is 1.07. The molecule has 0 spiro atoms. The van der Waals surface area contributed by atoms with Crippen molar-refractivity contribution in [1.29, 1.82) is 0 Å². The number of nitrogens with zero attached hydrogens (tertiary/aromatic N) is 1. The highest BCUT2D eigenvalue weighted by molar-refractivity contribution is 7.19. The highest BCUT2D eigenvalue weighted by Crippen LogP contribution is 2.35. The first-order valence-electron chi connectivity index (χ1n) is 3.77. The molecule has 2 heterocycles. The average Bonchev–Trinajstić information content (AvgIpc) is 2.56. The first kappa shape index (κ1) is 9.77. The summed E-state index contributed by atoms with van der Waals surface area (Å²) in [4.78, 5) is 4.74. The van der Waals surface area contributed by atoms with Crippen molar-refractivity contribution in [2.45, 2.75) is 0 Å². The normalized spacial score (nSPS) is 10.4. The molecule has 0 amide bonds. The predicted octanol–water partition coefficient (Wildman–Crippen LogP) is 3.82. The molecule has 2 nitrogen and oxygen atoms in total. The summed E-state index contributed by atoms with van der Waals surface area (Å²) in [5, 5.41) is 9.62. The van der Waals surface area contributed by atoms with Gasteiger partial charge in [0.25, 0.3) is 0 Å². The van der Waals surface area contributed by atoms with E-state index in [1.807, 2.05) is 6.07 Å². The van der Waals surface area contributed by atoms with Crippen molar-refractivity contribution in [3.8, 4) is 16.2 Å².